The topological polar surface area (TPSA) is 50.7 Å². The summed E-state index contributed by atoms with van der Waals surface area (Å²) in [5.74, 6) is 0.824. The maximum absolute atomic E-state index is 11.1. The van der Waals surface area contributed by atoms with Crippen molar-refractivity contribution in [2.45, 2.75) is 17.8 Å². The van der Waals surface area contributed by atoms with Crippen LogP contribution < -0.4 is 5.69 Å². The van der Waals surface area contributed by atoms with E-state index in [2.05, 4.69) is 29.3 Å². The maximum Gasteiger partial charge on any atom is 0.343 e. The second-order valence-electron chi connectivity index (χ2n) is 3.59. The number of thioether (sulfide) groups is 1. The van der Waals surface area contributed by atoms with E-state index in [4.69, 9.17) is 0 Å². The van der Waals surface area contributed by atoms with Gasteiger partial charge in [0.25, 0.3) is 0 Å². The van der Waals surface area contributed by atoms with Gasteiger partial charge in [-0.3, -0.25) is 4.57 Å². The van der Waals surface area contributed by atoms with E-state index >= 15 is 0 Å². The van der Waals surface area contributed by atoms with Crippen LogP contribution in [0.5, 0.6) is 0 Å². The fraction of sp³-hybridized carbons (Fsp3) is 0.273. The lowest BCUT2D eigenvalue weighted by Gasteiger charge is -2.03. The molecule has 1 aromatic carbocycles. The maximum atomic E-state index is 11.1. The van der Waals surface area contributed by atoms with Crippen molar-refractivity contribution in [1.29, 1.82) is 0 Å². The van der Waals surface area contributed by atoms with Gasteiger partial charge >= 0.3 is 5.69 Å². The Bertz CT molecular complexity index is 544. The molecule has 0 saturated heterocycles. The number of hydrogen-bond donors (Lipinski definition) is 1. The molecule has 0 bridgehead atoms. The Kier molecular flexibility index (Phi) is 3.14. The molecule has 1 N–H and O–H groups in total. The lowest BCUT2D eigenvalue weighted by molar-refractivity contribution is 0.765. The molecule has 0 aliphatic rings. The Morgan fingerprint density at radius 1 is 1.44 bits per heavy atom. The van der Waals surface area contributed by atoms with Crippen molar-refractivity contribution < 1.29 is 0 Å². The second-order valence-corrected chi connectivity index (χ2v) is 4.53. The molecule has 2 rings (SSSR count). The molecule has 4 nitrogen and oxygen atoms in total. The standard InChI is InChI=1S/C11H13N3OS/c1-8-5-3-4-6-9(8)7-16-11-13-12-10(15)14(11)2/h3-6H,7H2,1-2H3,(H,12,15). The zero-order chi connectivity index (χ0) is 11.5. The zero-order valence-corrected chi connectivity index (χ0v) is 10.0. The van der Waals surface area contributed by atoms with Gasteiger partial charge in [0.05, 0.1) is 0 Å². The van der Waals surface area contributed by atoms with E-state index in [0.29, 0.717) is 5.16 Å². The molecule has 0 atom stereocenters. The van der Waals surface area contributed by atoms with E-state index in [-0.39, 0.29) is 5.69 Å². The quantitative estimate of drug-likeness (QED) is 0.824. The van der Waals surface area contributed by atoms with E-state index in [0.717, 1.165) is 5.75 Å². The van der Waals surface area contributed by atoms with E-state index < -0.39 is 0 Å². The molecule has 1 heterocycles. The van der Waals surface area contributed by atoms with Gasteiger partial charge in [-0.15, -0.1) is 5.10 Å². The first-order valence-corrected chi connectivity index (χ1v) is 5.96. The van der Waals surface area contributed by atoms with Gasteiger partial charge in [-0.2, -0.15) is 0 Å². The molecule has 2 aromatic rings. The van der Waals surface area contributed by atoms with Gasteiger partial charge in [0.2, 0.25) is 0 Å². The minimum absolute atomic E-state index is 0.174. The van der Waals surface area contributed by atoms with Crippen molar-refractivity contribution in [3.63, 3.8) is 0 Å². The number of nitrogens with zero attached hydrogens (tertiary/aromatic N) is 2. The minimum atomic E-state index is -0.174. The molecule has 0 spiro atoms. The van der Waals surface area contributed by atoms with Crippen LogP contribution in [0.25, 0.3) is 0 Å². The first kappa shape index (κ1) is 11.0. The van der Waals surface area contributed by atoms with Crippen LogP contribution in [0.2, 0.25) is 0 Å². The summed E-state index contributed by atoms with van der Waals surface area (Å²) in [6.07, 6.45) is 0. The number of nitrogens with one attached hydrogen (secondary N) is 1. The zero-order valence-electron chi connectivity index (χ0n) is 9.23. The van der Waals surface area contributed by atoms with Crippen LogP contribution in [0, 0.1) is 6.92 Å². The Morgan fingerprint density at radius 2 is 2.19 bits per heavy atom. The summed E-state index contributed by atoms with van der Waals surface area (Å²) in [6, 6.07) is 8.22. The predicted octanol–water partition coefficient (Wildman–Crippen LogP) is 1.71. The van der Waals surface area contributed by atoms with Crippen LogP contribution in [0.1, 0.15) is 11.1 Å². The number of aromatic nitrogens is 3. The number of hydrogen-bond acceptors (Lipinski definition) is 3. The molecule has 1 aromatic heterocycles. The lowest BCUT2D eigenvalue weighted by Crippen LogP contribution is -2.12. The summed E-state index contributed by atoms with van der Waals surface area (Å²) in [5.41, 5.74) is 2.35. The van der Waals surface area contributed by atoms with Crippen LogP contribution in [-0.2, 0) is 12.8 Å². The number of aromatic amines is 1. The summed E-state index contributed by atoms with van der Waals surface area (Å²) in [4.78, 5) is 11.1. The molecule has 0 fully saturated rings. The highest BCUT2D eigenvalue weighted by molar-refractivity contribution is 7.98. The average molecular weight is 235 g/mol. The molecule has 0 amide bonds. The summed E-state index contributed by atoms with van der Waals surface area (Å²) in [7, 11) is 1.71. The van der Waals surface area contributed by atoms with Crippen molar-refractivity contribution in [3.8, 4) is 0 Å². The molecule has 0 saturated carbocycles. The van der Waals surface area contributed by atoms with Gasteiger partial charge in [0.15, 0.2) is 5.16 Å². The molecular formula is C11H13N3OS. The molecule has 0 radical (unpaired) electrons. The summed E-state index contributed by atoms with van der Waals surface area (Å²) in [6.45, 7) is 2.08. The SMILES string of the molecule is Cc1ccccc1CSc1n[nH]c(=O)n1C. The van der Waals surface area contributed by atoms with E-state index in [9.17, 15) is 4.79 Å². The van der Waals surface area contributed by atoms with Crippen LogP contribution in [0.4, 0.5) is 0 Å². The Morgan fingerprint density at radius 3 is 2.81 bits per heavy atom. The van der Waals surface area contributed by atoms with Gasteiger partial charge < -0.3 is 0 Å². The monoisotopic (exact) mass is 235 g/mol. The van der Waals surface area contributed by atoms with E-state index in [1.165, 1.54) is 15.7 Å². The van der Waals surface area contributed by atoms with Gasteiger partial charge in [-0.05, 0) is 18.1 Å². The average Bonchev–Trinajstić information content (AvgIpc) is 2.59. The summed E-state index contributed by atoms with van der Waals surface area (Å²) in [5, 5.41) is 7.09. The third-order valence-electron chi connectivity index (χ3n) is 2.46. The molecule has 0 aliphatic carbocycles. The van der Waals surface area contributed by atoms with Crippen LogP contribution in [-0.4, -0.2) is 14.8 Å². The predicted molar refractivity (Wildman–Crippen MR) is 64.6 cm³/mol. The molecule has 0 unspecified atom stereocenters. The summed E-state index contributed by atoms with van der Waals surface area (Å²) >= 11 is 1.56. The van der Waals surface area contributed by atoms with Gasteiger partial charge in [0, 0.05) is 12.8 Å². The largest absolute Gasteiger partial charge is 0.343 e. The highest BCUT2D eigenvalue weighted by atomic mass is 32.2. The molecule has 16 heavy (non-hydrogen) atoms. The molecular weight excluding hydrogens is 222 g/mol. The molecule has 84 valence electrons. The van der Waals surface area contributed by atoms with E-state index in [1.807, 2.05) is 12.1 Å². The smallest absolute Gasteiger partial charge is 0.273 e. The molecule has 0 aliphatic heterocycles. The van der Waals surface area contributed by atoms with Gasteiger partial charge in [-0.25, -0.2) is 9.89 Å². The van der Waals surface area contributed by atoms with Gasteiger partial charge in [0.1, 0.15) is 0 Å². The van der Waals surface area contributed by atoms with Crippen molar-refractivity contribution in [2.24, 2.45) is 7.05 Å². The fourth-order valence-electron chi connectivity index (χ4n) is 1.38. The fourth-order valence-corrected chi connectivity index (χ4v) is 2.37. The van der Waals surface area contributed by atoms with Crippen LogP contribution in [0.3, 0.4) is 0 Å². The highest BCUT2D eigenvalue weighted by Gasteiger charge is 2.05. The second kappa shape index (κ2) is 4.57. The van der Waals surface area contributed by atoms with Crippen LogP contribution in [0.15, 0.2) is 34.2 Å². The number of aryl methyl sites for hydroxylation is 1. The summed E-state index contributed by atoms with van der Waals surface area (Å²) < 4.78 is 1.52. The first-order chi connectivity index (χ1) is 7.68. The van der Waals surface area contributed by atoms with E-state index in [1.54, 1.807) is 18.8 Å². The van der Waals surface area contributed by atoms with Crippen molar-refractivity contribution >= 4 is 11.8 Å². The Hall–Kier alpha value is -1.49. The van der Waals surface area contributed by atoms with Crippen molar-refractivity contribution in [2.75, 3.05) is 0 Å². The Labute approximate surface area is 97.7 Å². The number of benzene rings is 1. The first-order valence-electron chi connectivity index (χ1n) is 4.97. The number of H-pyrrole nitrogens is 1. The Balaban J connectivity index is 2.11. The van der Waals surface area contributed by atoms with Crippen molar-refractivity contribution in [3.05, 3.63) is 45.9 Å². The van der Waals surface area contributed by atoms with Crippen LogP contribution >= 0.6 is 11.8 Å². The van der Waals surface area contributed by atoms with Crippen molar-refractivity contribution in [1.82, 2.24) is 14.8 Å². The molecule has 5 heteroatoms. The highest BCUT2D eigenvalue weighted by Crippen LogP contribution is 2.20. The number of rotatable bonds is 3. The third-order valence-corrected chi connectivity index (χ3v) is 3.54. The van der Waals surface area contributed by atoms with Gasteiger partial charge in [-0.1, -0.05) is 36.0 Å². The third kappa shape index (κ3) is 2.19. The lowest BCUT2D eigenvalue weighted by atomic mass is 10.1. The normalized spacial score (nSPS) is 10.6. The minimum Gasteiger partial charge on any atom is -0.273 e.